The quantitative estimate of drug-likeness (QED) is 0.875. The van der Waals surface area contributed by atoms with Gasteiger partial charge in [-0.2, -0.15) is 0 Å². The van der Waals surface area contributed by atoms with Crippen LogP contribution in [0.3, 0.4) is 0 Å². The molecule has 0 aromatic heterocycles. The Balaban J connectivity index is 1.56. The van der Waals surface area contributed by atoms with Gasteiger partial charge in [0.25, 0.3) is 5.91 Å². The van der Waals surface area contributed by atoms with Crippen LogP contribution < -0.4 is 15.1 Å². The molecule has 132 valence electrons. The summed E-state index contributed by atoms with van der Waals surface area (Å²) in [6, 6.07) is 13.5. The van der Waals surface area contributed by atoms with E-state index in [0.717, 1.165) is 36.9 Å². The summed E-state index contributed by atoms with van der Waals surface area (Å²) in [4.78, 5) is 15.9. The van der Waals surface area contributed by atoms with E-state index in [4.69, 9.17) is 11.6 Å². The number of rotatable bonds is 4. The minimum atomic E-state index is -0.313. The monoisotopic (exact) mass is 362 g/mol. The molecule has 2 N–H and O–H groups in total. The van der Waals surface area contributed by atoms with Gasteiger partial charge in [-0.15, -0.1) is 0 Å². The van der Waals surface area contributed by atoms with Gasteiger partial charge in [0, 0.05) is 5.69 Å². The summed E-state index contributed by atoms with van der Waals surface area (Å²) in [5.41, 5.74) is 1.67. The third kappa shape index (κ3) is 4.30. The second kappa shape index (κ2) is 7.85. The summed E-state index contributed by atoms with van der Waals surface area (Å²) in [6.07, 6.45) is 0. The van der Waals surface area contributed by atoms with Gasteiger partial charge in [0.1, 0.15) is 5.82 Å². The molecule has 0 unspecified atom stereocenters. The Kier molecular flexibility index (Phi) is 5.56. The third-order valence-electron chi connectivity index (χ3n) is 4.72. The highest BCUT2D eigenvalue weighted by Crippen LogP contribution is 2.24. The largest absolute Gasteiger partial charge is 0.359 e. The Bertz CT molecular complexity index is 730. The van der Waals surface area contributed by atoms with Gasteiger partial charge in [-0.1, -0.05) is 23.7 Å². The van der Waals surface area contributed by atoms with Crippen LogP contribution in [0.5, 0.6) is 0 Å². The van der Waals surface area contributed by atoms with Crippen LogP contribution >= 0.6 is 11.6 Å². The summed E-state index contributed by atoms with van der Waals surface area (Å²) < 4.78 is 12.9. The molecule has 0 spiro atoms. The van der Waals surface area contributed by atoms with Crippen molar-refractivity contribution in [3.05, 3.63) is 59.4 Å². The molecule has 2 aromatic carbocycles. The number of carbonyl (C=O) groups is 1. The summed E-state index contributed by atoms with van der Waals surface area (Å²) in [6.45, 7) is 5.37. The van der Waals surface area contributed by atoms with Crippen molar-refractivity contribution in [2.24, 2.45) is 0 Å². The van der Waals surface area contributed by atoms with Gasteiger partial charge < -0.3 is 15.1 Å². The van der Waals surface area contributed by atoms with Crippen molar-refractivity contribution >= 4 is 28.9 Å². The second-order valence-corrected chi connectivity index (χ2v) is 6.72. The van der Waals surface area contributed by atoms with Crippen molar-refractivity contribution < 1.29 is 14.1 Å². The Hall–Kier alpha value is -2.11. The molecule has 1 aliphatic rings. The molecule has 1 saturated heterocycles. The molecule has 1 atom stereocenters. The maximum absolute atomic E-state index is 12.9. The third-order valence-corrected chi connectivity index (χ3v) is 5.04. The Morgan fingerprint density at radius 1 is 1.16 bits per heavy atom. The summed E-state index contributed by atoms with van der Waals surface area (Å²) >= 11 is 6.27. The average molecular weight is 363 g/mol. The lowest BCUT2D eigenvalue weighted by atomic mass is 10.2. The summed E-state index contributed by atoms with van der Waals surface area (Å²) in [5.74, 6) is -0.361. The lowest BCUT2D eigenvalue weighted by Crippen LogP contribution is -3.19. The Labute approximate surface area is 152 Å². The zero-order valence-corrected chi connectivity index (χ0v) is 14.9. The molecule has 1 aliphatic heterocycles. The molecule has 0 bridgehead atoms. The van der Waals surface area contributed by atoms with Crippen LogP contribution in [0.15, 0.2) is 48.5 Å². The molecule has 0 aliphatic carbocycles. The van der Waals surface area contributed by atoms with Crippen LogP contribution in [-0.2, 0) is 4.79 Å². The normalized spacial score (nSPS) is 16.5. The maximum atomic E-state index is 12.9. The molecular formula is C19H22ClFN3O+. The molecule has 25 heavy (non-hydrogen) atoms. The van der Waals surface area contributed by atoms with Gasteiger partial charge in [0.2, 0.25) is 0 Å². The fourth-order valence-corrected chi connectivity index (χ4v) is 3.40. The van der Waals surface area contributed by atoms with Crippen LogP contribution in [-0.4, -0.2) is 38.1 Å². The molecular weight excluding hydrogens is 341 g/mol. The number of hydrogen-bond donors (Lipinski definition) is 2. The second-order valence-electron chi connectivity index (χ2n) is 6.31. The smallest absolute Gasteiger partial charge is 0.282 e. The van der Waals surface area contributed by atoms with E-state index in [-0.39, 0.29) is 17.8 Å². The van der Waals surface area contributed by atoms with Crippen LogP contribution in [0.1, 0.15) is 6.92 Å². The molecule has 3 rings (SSSR count). The van der Waals surface area contributed by atoms with E-state index < -0.39 is 0 Å². The Morgan fingerprint density at radius 2 is 1.80 bits per heavy atom. The number of carbonyl (C=O) groups excluding carboxylic acids is 1. The topological polar surface area (TPSA) is 36.8 Å². The number of hydrogen-bond acceptors (Lipinski definition) is 2. The molecule has 0 saturated carbocycles. The Morgan fingerprint density at radius 3 is 2.44 bits per heavy atom. The number of halogens is 2. The lowest BCUT2D eigenvalue weighted by Gasteiger charge is -2.36. The number of nitrogens with zero attached hydrogens (tertiary/aromatic N) is 1. The standard InChI is InChI=1S/C19H21ClFN3O/c1-14(19(25)22-16-8-6-15(21)7-9-16)23-10-12-24(13-11-23)18-5-3-2-4-17(18)20/h2-9,14H,10-13H2,1H3,(H,22,25)/p+1/t14-/m1/s1. The zero-order valence-electron chi connectivity index (χ0n) is 14.1. The van der Waals surface area contributed by atoms with Gasteiger partial charge in [-0.05, 0) is 43.3 Å². The first kappa shape index (κ1) is 17.7. The van der Waals surface area contributed by atoms with Crippen molar-refractivity contribution in [2.45, 2.75) is 13.0 Å². The lowest BCUT2D eigenvalue weighted by molar-refractivity contribution is -0.914. The number of amides is 1. The highest BCUT2D eigenvalue weighted by molar-refractivity contribution is 6.33. The van der Waals surface area contributed by atoms with E-state index in [1.54, 1.807) is 12.1 Å². The number of quaternary nitrogens is 1. The summed E-state index contributed by atoms with van der Waals surface area (Å²) in [7, 11) is 0. The van der Waals surface area contributed by atoms with Crippen molar-refractivity contribution in [3.8, 4) is 0 Å². The minimum Gasteiger partial charge on any atom is -0.359 e. The van der Waals surface area contributed by atoms with Crippen molar-refractivity contribution in [2.75, 3.05) is 36.4 Å². The molecule has 6 heteroatoms. The van der Waals surface area contributed by atoms with E-state index in [2.05, 4.69) is 10.2 Å². The number of anilines is 2. The molecule has 2 aromatic rings. The number of benzene rings is 2. The molecule has 1 amide bonds. The van der Waals surface area contributed by atoms with Crippen molar-refractivity contribution in [1.82, 2.24) is 0 Å². The first-order valence-corrected chi connectivity index (χ1v) is 8.83. The van der Waals surface area contributed by atoms with E-state index in [1.807, 2.05) is 31.2 Å². The van der Waals surface area contributed by atoms with E-state index >= 15 is 0 Å². The van der Waals surface area contributed by atoms with E-state index in [1.165, 1.54) is 17.0 Å². The van der Waals surface area contributed by atoms with Gasteiger partial charge in [-0.25, -0.2) is 4.39 Å². The highest BCUT2D eigenvalue weighted by Gasteiger charge is 2.29. The number of nitrogens with one attached hydrogen (secondary N) is 2. The maximum Gasteiger partial charge on any atom is 0.282 e. The molecule has 1 heterocycles. The predicted molar refractivity (Wildman–Crippen MR) is 98.9 cm³/mol. The van der Waals surface area contributed by atoms with E-state index in [9.17, 15) is 9.18 Å². The van der Waals surface area contributed by atoms with Gasteiger partial charge in [-0.3, -0.25) is 4.79 Å². The fourth-order valence-electron chi connectivity index (χ4n) is 3.15. The van der Waals surface area contributed by atoms with Gasteiger partial charge in [0.15, 0.2) is 6.04 Å². The number of para-hydroxylation sites is 1. The van der Waals surface area contributed by atoms with E-state index in [0.29, 0.717) is 5.69 Å². The van der Waals surface area contributed by atoms with Crippen LogP contribution in [0, 0.1) is 5.82 Å². The zero-order chi connectivity index (χ0) is 17.8. The van der Waals surface area contributed by atoms with Gasteiger partial charge >= 0.3 is 0 Å². The molecule has 0 radical (unpaired) electrons. The van der Waals surface area contributed by atoms with Crippen LogP contribution in [0.2, 0.25) is 5.02 Å². The average Bonchev–Trinajstić information content (AvgIpc) is 2.63. The predicted octanol–water partition coefficient (Wildman–Crippen LogP) is 2.21. The van der Waals surface area contributed by atoms with Crippen molar-refractivity contribution in [1.29, 1.82) is 0 Å². The van der Waals surface area contributed by atoms with Gasteiger partial charge in [0.05, 0.1) is 36.9 Å². The first-order chi connectivity index (χ1) is 12.0. The van der Waals surface area contributed by atoms with Crippen molar-refractivity contribution in [3.63, 3.8) is 0 Å². The fraction of sp³-hybridized carbons (Fsp3) is 0.316. The SMILES string of the molecule is C[C@H](C(=O)Nc1ccc(F)cc1)[NH+]1CCN(c2ccccc2Cl)CC1. The van der Waals surface area contributed by atoms with Crippen LogP contribution in [0.4, 0.5) is 15.8 Å². The number of piperazine rings is 1. The minimum absolute atomic E-state index is 0.0483. The molecule has 1 fully saturated rings. The molecule has 4 nitrogen and oxygen atoms in total. The summed E-state index contributed by atoms with van der Waals surface area (Å²) in [5, 5.41) is 3.61. The van der Waals surface area contributed by atoms with Crippen LogP contribution in [0.25, 0.3) is 0 Å². The highest BCUT2D eigenvalue weighted by atomic mass is 35.5. The first-order valence-electron chi connectivity index (χ1n) is 8.45.